The maximum absolute atomic E-state index is 12.5. The zero-order chi connectivity index (χ0) is 17.6. The van der Waals surface area contributed by atoms with Crippen molar-refractivity contribution in [2.24, 2.45) is 5.73 Å². The number of hydrogen-bond acceptors (Lipinski definition) is 3. The topological polar surface area (TPSA) is 55.6 Å². The van der Waals surface area contributed by atoms with E-state index in [-0.39, 0.29) is 18.0 Å². The lowest BCUT2D eigenvalue weighted by molar-refractivity contribution is -0.135. The van der Waals surface area contributed by atoms with Gasteiger partial charge in [0.25, 0.3) is 0 Å². The number of rotatable bonds is 5. The summed E-state index contributed by atoms with van der Waals surface area (Å²) in [4.78, 5) is 14.4. The minimum absolute atomic E-state index is 0.150. The number of nitrogens with two attached hydrogens (primary N) is 1. The lowest BCUT2D eigenvalue weighted by atomic mass is 9.99. The fourth-order valence-electron chi connectivity index (χ4n) is 3.42. The summed E-state index contributed by atoms with van der Waals surface area (Å²) in [6.07, 6.45) is 2.15. The molecule has 132 valence electrons. The fourth-order valence-corrected chi connectivity index (χ4v) is 3.42. The molecule has 0 aliphatic carbocycles. The fraction of sp³-hybridized carbons (Fsp3) is 0.381. The van der Waals surface area contributed by atoms with Gasteiger partial charge in [0.15, 0.2) is 0 Å². The highest BCUT2D eigenvalue weighted by Crippen LogP contribution is 2.29. The van der Waals surface area contributed by atoms with Crippen LogP contribution in [0.2, 0.25) is 0 Å². The summed E-state index contributed by atoms with van der Waals surface area (Å²) >= 11 is 0. The molecule has 4 heteroatoms. The Balaban J connectivity index is 1.59. The van der Waals surface area contributed by atoms with Crippen molar-refractivity contribution in [3.05, 3.63) is 54.6 Å². The SMILES string of the molecule is C[C@H]1C[C@@H](N)CCN1C(=O)CCOc1ccccc1-c1ccccc1. The Bertz CT molecular complexity index is 702. The van der Waals surface area contributed by atoms with Crippen molar-refractivity contribution in [1.29, 1.82) is 0 Å². The minimum Gasteiger partial charge on any atom is -0.492 e. The van der Waals surface area contributed by atoms with E-state index in [0.717, 1.165) is 36.3 Å². The van der Waals surface area contributed by atoms with Crippen LogP contribution in [0.3, 0.4) is 0 Å². The molecule has 2 N–H and O–H groups in total. The van der Waals surface area contributed by atoms with Crippen molar-refractivity contribution < 1.29 is 9.53 Å². The highest BCUT2D eigenvalue weighted by molar-refractivity contribution is 5.77. The van der Waals surface area contributed by atoms with Gasteiger partial charge in [0, 0.05) is 24.2 Å². The van der Waals surface area contributed by atoms with Gasteiger partial charge >= 0.3 is 0 Å². The Morgan fingerprint density at radius 3 is 2.64 bits per heavy atom. The van der Waals surface area contributed by atoms with Gasteiger partial charge in [-0.1, -0.05) is 48.5 Å². The molecule has 4 nitrogen and oxygen atoms in total. The number of carbonyl (C=O) groups is 1. The number of ether oxygens (including phenoxy) is 1. The van der Waals surface area contributed by atoms with E-state index in [1.807, 2.05) is 47.4 Å². The molecule has 1 fully saturated rings. The Labute approximate surface area is 149 Å². The number of para-hydroxylation sites is 1. The van der Waals surface area contributed by atoms with Gasteiger partial charge in [-0.3, -0.25) is 4.79 Å². The molecule has 2 aromatic rings. The number of amides is 1. The summed E-state index contributed by atoms with van der Waals surface area (Å²) in [5.74, 6) is 0.965. The van der Waals surface area contributed by atoms with Gasteiger partial charge in [-0.2, -0.15) is 0 Å². The second-order valence-electron chi connectivity index (χ2n) is 6.68. The quantitative estimate of drug-likeness (QED) is 0.908. The van der Waals surface area contributed by atoms with Crippen LogP contribution in [0.1, 0.15) is 26.2 Å². The molecule has 3 rings (SSSR count). The van der Waals surface area contributed by atoms with Crippen LogP contribution >= 0.6 is 0 Å². The molecule has 0 bridgehead atoms. The van der Waals surface area contributed by atoms with E-state index >= 15 is 0 Å². The standard InChI is InChI=1S/C21H26N2O2/c1-16-15-18(22)11-13-23(16)21(24)12-14-25-20-10-6-5-9-19(20)17-7-3-2-4-8-17/h2-10,16,18H,11-15,22H2,1H3/t16-,18-/m0/s1. The number of carbonyl (C=O) groups excluding carboxylic acids is 1. The molecule has 0 spiro atoms. The highest BCUT2D eigenvalue weighted by Gasteiger charge is 2.26. The maximum Gasteiger partial charge on any atom is 0.226 e. The van der Waals surface area contributed by atoms with Crippen LogP contribution in [0.15, 0.2) is 54.6 Å². The van der Waals surface area contributed by atoms with Gasteiger partial charge in [-0.15, -0.1) is 0 Å². The predicted molar refractivity (Wildman–Crippen MR) is 100 cm³/mol. The van der Waals surface area contributed by atoms with E-state index in [9.17, 15) is 4.79 Å². The van der Waals surface area contributed by atoms with Crippen LogP contribution in [-0.4, -0.2) is 36.0 Å². The molecule has 2 aromatic carbocycles. The number of nitrogens with zero attached hydrogens (tertiary/aromatic N) is 1. The Hall–Kier alpha value is -2.33. The summed E-state index contributed by atoms with van der Waals surface area (Å²) in [6, 6.07) is 18.5. The van der Waals surface area contributed by atoms with E-state index in [4.69, 9.17) is 10.5 Å². The monoisotopic (exact) mass is 338 g/mol. The summed E-state index contributed by atoms with van der Waals surface area (Å²) < 4.78 is 5.94. The zero-order valence-corrected chi connectivity index (χ0v) is 14.7. The van der Waals surface area contributed by atoms with Crippen molar-refractivity contribution in [3.63, 3.8) is 0 Å². The van der Waals surface area contributed by atoms with Crippen molar-refractivity contribution in [2.75, 3.05) is 13.2 Å². The third-order valence-corrected chi connectivity index (χ3v) is 4.78. The molecular weight excluding hydrogens is 312 g/mol. The molecule has 2 atom stereocenters. The number of benzene rings is 2. The summed E-state index contributed by atoms with van der Waals surface area (Å²) in [5.41, 5.74) is 8.14. The first-order chi connectivity index (χ1) is 12.1. The van der Waals surface area contributed by atoms with Gasteiger partial charge in [0.05, 0.1) is 13.0 Å². The first kappa shape index (κ1) is 17.5. The zero-order valence-electron chi connectivity index (χ0n) is 14.7. The van der Waals surface area contributed by atoms with Crippen LogP contribution in [0.25, 0.3) is 11.1 Å². The van der Waals surface area contributed by atoms with Crippen LogP contribution in [0, 0.1) is 0 Å². The molecule has 0 aromatic heterocycles. The Morgan fingerprint density at radius 2 is 1.88 bits per heavy atom. The molecule has 1 aliphatic rings. The molecule has 1 amide bonds. The van der Waals surface area contributed by atoms with Crippen LogP contribution in [0.5, 0.6) is 5.75 Å². The molecule has 1 aliphatic heterocycles. The predicted octanol–water partition coefficient (Wildman–Crippen LogP) is 3.46. The van der Waals surface area contributed by atoms with Crippen molar-refractivity contribution in [2.45, 2.75) is 38.3 Å². The molecule has 0 saturated carbocycles. The van der Waals surface area contributed by atoms with Gasteiger partial charge in [-0.25, -0.2) is 0 Å². The highest BCUT2D eigenvalue weighted by atomic mass is 16.5. The van der Waals surface area contributed by atoms with Crippen LogP contribution in [-0.2, 0) is 4.79 Å². The second-order valence-corrected chi connectivity index (χ2v) is 6.68. The second kappa shape index (κ2) is 8.17. The largest absolute Gasteiger partial charge is 0.492 e. The van der Waals surface area contributed by atoms with Crippen molar-refractivity contribution in [1.82, 2.24) is 4.90 Å². The van der Waals surface area contributed by atoms with Gasteiger partial charge in [0.2, 0.25) is 5.91 Å². The maximum atomic E-state index is 12.5. The molecule has 0 radical (unpaired) electrons. The third-order valence-electron chi connectivity index (χ3n) is 4.78. The molecule has 1 heterocycles. The number of piperidine rings is 1. The first-order valence-electron chi connectivity index (χ1n) is 8.97. The van der Waals surface area contributed by atoms with Gasteiger partial charge in [0.1, 0.15) is 5.75 Å². The van der Waals surface area contributed by atoms with E-state index < -0.39 is 0 Å². The Morgan fingerprint density at radius 1 is 1.16 bits per heavy atom. The molecule has 25 heavy (non-hydrogen) atoms. The lowest BCUT2D eigenvalue weighted by Crippen LogP contribution is -2.48. The van der Waals surface area contributed by atoms with Gasteiger partial charge < -0.3 is 15.4 Å². The third kappa shape index (κ3) is 4.40. The molecule has 0 unspecified atom stereocenters. The molecule has 1 saturated heterocycles. The number of likely N-dealkylation sites (tertiary alicyclic amines) is 1. The van der Waals surface area contributed by atoms with Gasteiger partial charge in [-0.05, 0) is 31.4 Å². The summed E-state index contributed by atoms with van der Waals surface area (Å²) in [6.45, 7) is 3.21. The number of hydrogen-bond donors (Lipinski definition) is 1. The minimum atomic E-state index is 0.150. The van der Waals surface area contributed by atoms with Crippen LogP contribution < -0.4 is 10.5 Å². The van der Waals surface area contributed by atoms with Crippen LogP contribution in [0.4, 0.5) is 0 Å². The van der Waals surface area contributed by atoms with Crippen molar-refractivity contribution >= 4 is 5.91 Å². The molecular formula is C21H26N2O2. The van der Waals surface area contributed by atoms with E-state index in [1.54, 1.807) is 0 Å². The lowest BCUT2D eigenvalue weighted by Gasteiger charge is -2.36. The summed E-state index contributed by atoms with van der Waals surface area (Å²) in [5, 5.41) is 0. The normalized spacial score (nSPS) is 20.3. The average Bonchev–Trinajstić information content (AvgIpc) is 2.63. The summed E-state index contributed by atoms with van der Waals surface area (Å²) in [7, 11) is 0. The Kier molecular flexibility index (Phi) is 5.71. The van der Waals surface area contributed by atoms with E-state index in [2.05, 4.69) is 19.1 Å². The van der Waals surface area contributed by atoms with E-state index in [0.29, 0.717) is 13.0 Å². The smallest absolute Gasteiger partial charge is 0.226 e. The van der Waals surface area contributed by atoms with Crippen molar-refractivity contribution in [3.8, 4) is 16.9 Å². The van der Waals surface area contributed by atoms with E-state index in [1.165, 1.54) is 0 Å². The average molecular weight is 338 g/mol. The first-order valence-corrected chi connectivity index (χ1v) is 8.97.